The summed E-state index contributed by atoms with van der Waals surface area (Å²) in [5, 5.41) is 2.05. The average Bonchev–Trinajstić information content (AvgIpc) is 3.61. The molecule has 0 saturated heterocycles. The standard InChI is InChI=1S/C29H31FN2O2S/c1-2-3-4-20-5-7-22(8-6-20)29(34)32(24-13-14-24)19-27(33)31-17-15-26-25(16-18-35-26)28(31)21-9-11-23(30)12-10-21/h5-12,16,18,24,28H,2-4,13-15,17,19H2,1H3. The summed E-state index contributed by atoms with van der Waals surface area (Å²) in [6, 6.07) is 16.2. The van der Waals surface area contributed by atoms with Crippen molar-refractivity contribution >= 4 is 23.2 Å². The van der Waals surface area contributed by atoms with E-state index in [2.05, 4.69) is 18.4 Å². The summed E-state index contributed by atoms with van der Waals surface area (Å²) in [6.45, 7) is 2.83. The molecule has 1 aliphatic heterocycles. The molecule has 1 saturated carbocycles. The molecule has 5 rings (SSSR count). The second kappa shape index (κ2) is 10.3. The fraction of sp³-hybridized carbons (Fsp3) is 0.379. The van der Waals surface area contributed by atoms with E-state index in [4.69, 9.17) is 0 Å². The normalized spacial score (nSPS) is 17.2. The predicted octanol–water partition coefficient (Wildman–Crippen LogP) is 6.01. The molecule has 1 fully saturated rings. The third kappa shape index (κ3) is 5.18. The Labute approximate surface area is 210 Å². The molecule has 0 bridgehead atoms. The fourth-order valence-corrected chi connectivity index (χ4v) is 5.84. The van der Waals surface area contributed by atoms with Gasteiger partial charge in [0.15, 0.2) is 0 Å². The Morgan fingerprint density at radius 3 is 2.49 bits per heavy atom. The largest absolute Gasteiger partial charge is 0.330 e. The maximum atomic E-state index is 13.7. The van der Waals surface area contributed by atoms with Crippen LogP contribution in [-0.2, 0) is 17.6 Å². The predicted molar refractivity (Wildman–Crippen MR) is 137 cm³/mol. The van der Waals surface area contributed by atoms with Gasteiger partial charge < -0.3 is 9.80 Å². The van der Waals surface area contributed by atoms with E-state index in [1.807, 2.05) is 29.2 Å². The number of thiophene rings is 1. The number of hydrogen-bond acceptors (Lipinski definition) is 3. The van der Waals surface area contributed by atoms with E-state index in [0.717, 1.165) is 49.7 Å². The number of carbonyl (C=O) groups is 2. The Morgan fingerprint density at radius 2 is 1.80 bits per heavy atom. The Hall–Kier alpha value is -2.99. The highest BCUT2D eigenvalue weighted by atomic mass is 32.1. The van der Waals surface area contributed by atoms with Crippen molar-refractivity contribution in [3.63, 3.8) is 0 Å². The molecular formula is C29H31FN2O2S. The van der Waals surface area contributed by atoms with Crippen LogP contribution < -0.4 is 0 Å². The number of benzene rings is 2. The lowest BCUT2D eigenvalue weighted by Crippen LogP contribution is -2.47. The maximum Gasteiger partial charge on any atom is 0.254 e. The monoisotopic (exact) mass is 490 g/mol. The van der Waals surface area contributed by atoms with Gasteiger partial charge in [-0.3, -0.25) is 9.59 Å². The summed E-state index contributed by atoms with van der Waals surface area (Å²) in [6.07, 6.45) is 5.95. The van der Waals surface area contributed by atoms with Gasteiger partial charge in [0.05, 0.1) is 6.04 Å². The Kier molecular flexibility index (Phi) is 7.00. The number of amides is 2. The van der Waals surface area contributed by atoms with Crippen LogP contribution in [0.5, 0.6) is 0 Å². The lowest BCUT2D eigenvalue weighted by Gasteiger charge is -2.37. The molecule has 1 aliphatic carbocycles. The van der Waals surface area contributed by atoms with Crippen molar-refractivity contribution in [2.75, 3.05) is 13.1 Å². The van der Waals surface area contributed by atoms with E-state index in [1.165, 1.54) is 22.6 Å². The van der Waals surface area contributed by atoms with Crippen molar-refractivity contribution in [2.24, 2.45) is 0 Å². The zero-order valence-electron chi connectivity index (χ0n) is 20.1. The number of hydrogen-bond donors (Lipinski definition) is 0. The van der Waals surface area contributed by atoms with Crippen LogP contribution in [0.2, 0.25) is 0 Å². The zero-order valence-corrected chi connectivity index (χ0v) is 20.9. The second-order valence-electron chi connectivity index (χ2n) is 9.56. The van der Waals surface area contributed by atoms with Gasteiger partial charge in [-0.2, -0.15) is 0 Å². The van der Waals surface area contributed by atoms with E-state index >= 15 is 0 Å². The molecular weight excluding hydrogens is 459 g/mol. The summed E-state index contributed by atoms with van der Waals surface area (Å²) in [5.74, 6) is -0.426. The van der Waals surface area contributed by atoms with E-state index in [9.17, 15) is 14.0 Å². The van der Waals surface area contributed by atoms with Gasteiger partial charge >= 0.3 is 0 Å². The minimum Gasteiger partial charge on any atom is -0.330 e. The Morgan fingerprint density at radius 1 is 1.06 bits per heavy atom. The van der Waals surface area contributed by atoms with Crippen molar-refractivity contribution in [3.8, 4) is 0 Å². The van der Waals surface area contributed by atoms with Gasteiger partial charge in [0, 0.05) is 23.0 Å². The van der Waals surface area contributed by atoms with E-state index in [-0.39, 0.29) is 36.3 Å². The molecule has 0 radical (unpaired) electrons. The summed E-state index contributed by atoms with van der Waals surface area (Å²) in [5.41, 5.74) is 3.87. The smallest absolute Gasteiger partial charge is 0.254 e. The molecule has 2 aromatic carbocycles. The minimum atomic E-state index is -0.292. The molecule has 1 unspecified atom stereocenters. The molecule has 35 heavy (non-hydrogen) atoms. The van der Waals surface area contributed by atoms with Gasteiger partial charge in [0.25, 0.3) is 5.91 Å². The van der Waals surface area contributed by atoms with Gasteiger partial charge in [-0.25, -0.2) is 4.39 Å². The number of halogens is 1. The first-order valence-electron chi connectivity index (χ1n) is 12.6. The first-order chi connectivity index (χ1) is 17.0. The van der Waals surface area contributed by atoms with Crippen LogP contribution in [-0.4, -0.2) is 40.7 Å². The third-order valence-electron chi connectivity index (χ3n) is 7.05. The molecule has 2 aliphatic rings. The molecule has 182 valence electrons. The van der Waals surface area contributed by atoms with Gasteiger partial charge in [-0.1, -0.05) is 37.6 Å². The Bertz CT molecular complexity index is 1180. The lowest BCUT2D eigenvalue weighted by molar-refractivity contribution is -0.134. The molecule has 4 nitrogen and oxygen atoms in total. The van der Waals surface area contributed by atoms with Crippen LogP contribution in [0.3, 0.4) is 0 Å². The van der Waals surface area contributed by atoms with Crippen LogP contribution in [0.15, 0.2) is 60.0 Å². The summed E-state index contributed by atoms with van der Waals surface area (Å²) in [4.78, 5) is 32.0. The number of rotatable bonds is 8. The molecule has 2 amide bonds. The second-order valence-corrected chi connectivity index (χ2v) is 10.6. The minimum absolute atomic E-state index is 0.0593. The third-order valence-corrected chi connectivity index (χ3v) is 8.04. The van der Waals surface area contributed by atoms with Gasteiger partial charge in [-0.05, 0) is 84.5 Å². The van der Waals surface area contributed by atoms with Crippen molar-refractivity contribution in [1.29, 1.82) is 0 Å². The van der Waals surface area contributed by atoms with Crippen LogP contribution in [0.25, 0.3) is 0 Å². The topological polar surface area (TPSA) is 40.6 Å². The summed E-state index contributed by atoms with van der Waals surface area (Å²) in [7, 11) is 0. The fourth-order valence-electron chi connectivity index (χ4n) is 4.94. The Balaban J connectivity index is 1.36. The van der Waals surface area contributed by atoms with Crippen molar-refractivity contribution < 1.29 is 14.0 Å². The van der Waals surface area contributed by atoms with Crippen LogP contribution in [0.4, 0.5) is 4.39 Å². The summed E-state index contributed by atoms with van der Waals surface area (Å²) < 4.78 is 13.6. The number of nitrogens with zero attached hydrogens (tertiary/aromatic N) is 2. The van der Waals surface area contributed by atoms with E-state index in [1.54, 1.807) is 28.4 Å². The number of aryl methyl sites for hydroxylation is 1. The van der Waals surface area contributed by atoms with Crippen molar-refractivity contribution in [2.45, 2.75) is 57.5 Å². The molecule has 1 atom stereocenters. The van der Waals surface area contributed by atoms with Crippen LogP contribution in [0, 0.1) is 5.82 Å². The average molecular weight is 491 g/mol. The highest BCUT2D eigenvalue weighted by molar-refractivity contribution is 7.10. The van der Waals surface area contributed by atoms with Gasteiger partial charge in [-0.15, -0.1) is 11.3 Å². The molecule has 6 heteroatoms. The molecule has 0 spiro atoms. The van der Waals surface area contributed by atoms with Crippen molar-refractivity contribution in [3.05, 3.63) is 92.9 Å². The number of unbranched alkanes of at least 4 members (excludes halogenated alkanes) is 1. The SMILES string of the molecule is CCCCc1ccc(C(=O)N(CC(=O)N2CCc3sccc3C2c2ccc(F)cc2)C2CC2)cc1. The number of carbonyl (C=O) groups excluding carboxylic acids is 2. The maximum absolute atomic E-state index is 13.7. The lowest BCUT2D eigenvalue weighted by atomic mass is 9.93. The molecule has 0 N–H and O–H groups in total. The molecule has 1 aromatic heterocycles. The highest BCUT2D eigenvalue weighted by Crippen LogP contribution is 2.38. The molecule has 2 heterocycles. The van der Waals surface area contributed by atoms with E-state index in [0.29, 0.717) is 12.1 Å². The number of fused-ring (bicyclic) bond motifs is 1. The van der Waals surface area contributed by atoms with Gasteiger partial charge in [0.2, 0.25) is 5.91 Å². The molecule has 3 aromatic rings. The van der Waals surface area contributed by atoms with Gasteiger partial charge in [0.1, 0.15) is 12.4 Å². The first-order valence-corrected chi connectivity index (χ1v) is 13.4. The summed E-state index contributed by atoms with van der Waals surface area (Å²) >= 11 is 1.70. The highest BCUT2D eigenvalue weighted by Gasteiger charge is 2.38. The van der Waals surface area contributed by atoms with Crippen molar-refractivity contribution in [1.82, 2.24) is 9.80 Å². The van der Waals surface area contributed by atoms with E-state index < -0.39 is 0 Å². The van der Waals surface area contributed by atoms with Crippen LogP contribution >= 0.6 is 11.3 Å². The first kappa shape index (κ1) is 23.7. The quantitative estimate of drug-likeness (QED) is 0.388. The zero-order chi connectivity index (χ0) is 24.4. The van der Waals surface area contributed by atoms with Crippen LogP contribution in [0.1, 0.15) is 70.6 Å².